The average Bonchev–Trinajstić information content (AvgIpc) is 3.52. The van der Waals surface area contributed by atoms with Gasteiger partial charge in [-0.3, -0.25) is 0 Å². The molecule has 0 unspecified atom stereocenters. The van der Waals surface area contributed by atoms with Gasteiger partial charge in [0.05, 0.1) is 0 Å². The molecule has 5 rings (SSSR count). The van der Waals surface area contributed by atoms with Gasteiger partial charge >= 0.3 is 0 Å². The van der Waals surface area contributed by atoms with Crippen molar-refractivity contribution in [2.45, 2.75) is 12.3 Å². The highest BCUT2D eigenvalue weighted by molar-refractivity contribution is 5.29. The van der Waals surface area contributed by atoms with E-state index in [-0.39, 0.29) is 12.3 Å². The van der Waals surface area contributed by atoms with Gasteiger partial charge in [0, 0.05) is 49.6 Å². The third-order valence-electron chi connectivity index (χ3n) is 5.17. The lowest BCUT2D eigenvalue weighted by Gasteiger charge is -2.24. The minimum absolute atomic E-state index is 0.107. The van der Waals surface area contributed by atoms with Gasteiger partial charge in [0.1, 0.15) is 12.3 Å². The fraction of sp³-hybridized carbons (Fsp3) is 0.0833. The Morgan fingerprint density at radius 1 is 0.357 bits per heavy atom. The number of hydrogen-bond acceptors (Lipinski definition) is 0. The Morgan fingerprint density at radius 2 is 0.571 bits per heavy atom. The maximum atomic E-state index is 2.24. The van der Waals surface area contributed by atoms with Gasteiger partial charge in [-0.2, -0.15) is 0 Å². The number of aromatic nitrogens is 4. The zero-order valence-corrected chi connectivity index (χ0v) is 15.5. The first-order valence-corrected chi connectivity index (χ1v) is 9.50. The summed E-state index contributed by atoms with van der Waals surface area (Å²) in [5, 5.41) is 0. The molecule has 4 heteroatoms. The van der Waals surface area contributed by atoms with Crippen LogP contribution in [-0.4, -0.2) is 18.3 Å². The molecule has 0 aliphatic heterocycles. The van der Waals surface area contributed by atoms with Crippen molar-refractivity contribution < 1.29 is 0 Å². The van der Waals surface area contributed by atoms with Crippen LogP contribution in [0, 0.1) is 0 Å². The topological polar surface area (TPSA) is 19.7 Å². The molecule has 28 heavy (non-hydrogen) atoms. The van der Waals surface area contributed by atoms with Crippen molar-refractivity contribution in [3.8, 4) is 0 Å². The van der Waals surface area contributed by atoms with Gasteiger partial charge in [-0.25, -0.2) is 0 Å². The van der Waals surface area contributed by atoms with Crippen molar-refractivity contribution in [2.24, 2.45) is 0 Å². The predicted octanol–water partition coefficient (Wildman–Crippen LogP) is 5.08. The van der Waals surface area contributed by atoms with Crippen LogP contribution in [-0.2, 0) is 0 Å². The molecule has 0 radical (unpaired) electrons. The van der Waals surface area contributed by atoms with Crippen LogP contribution in [0.3, 0.4) is 0 Å². The highest BCUT2D eigenvalue weighted by Gasteiger charge is 2.17. The van der Waals surface area contributed by atoms with E-state index in [0.717, 1.165) is 0 Å². The maximum absolute atomic E-state index is 2.24. The molecule has 0 atom stereocenters. The predicted molar refractivity (Wildman–Crippen MR) is 111 cm³/mol. The van der Waals surface area contributed by atoms with Crippen molar-refractivity contribution >= 4 is 0 Å². The molecule has 0 saturated carbocycles. The minimum atomic E-state index is 0.107. The molecule has 0 aliphatic carbocycles. The molecule has 0 spiro atoms. The van der Waals surface area contributed by atoms with Crippen LogP contribution in [0.2, 0.25) is 0 Å². The molecule has 0 amide bonds. The van der Waals surface area contributed by atoms with Crippen LogP contribution >= 0.6 is 0 Å². The smallest absolute Gasteiger partial charge is 0.135 e. The quantitative estimate of drug-likeness (QED) is 0.399. The van der Waals surface area contributed by atoms with E-state index in [0.29, 0.717) is 0 Å². The molecule has 0 saturated heterocycles. The average molecular weight is 366 g/mol. The third-order valence-corrected chi connectivity index (χ3v) is 5.17. The minimum Gasteiger partial charge on any atom is -0.329 e. The van der Waals surface area contributed by atoms with E-state index in [1.165, 1.54) is 11.1 Å². The first-order valence-electron chi connectivity index (χ1n) is 9.50. The Bertz CT molecular complexity index is 924. The summed E-state index contributed by atoms with van der Waals surface area (Å²) in [6.45, 7) is 0. The summed E-state index contributed by atoms with van der Waals surface area (Å²) in [4.78, 5) is 0. The van der Waals surface area contributed by atoms with Crippen molar-refractivity contribution in [1.29, 1.82) is 0 Å². The van der Waals surface area contributed by atoms with Gasteiger partial charge < -0.3 is 18.3 Å². The lowest BCUT2D eigenvalue weighted by Crippen LogP contribution is -2.19. The Kier molecular flexibility index (Phi) is 4.22. The highest BCUT2D eigenvalue weighted by atomic mass is 15.2. The van der Waals surface area contributed by atoms with Crippen molar-refractivity contribution in [2.75, 3.05) is 0 Å². The number of nitrogens with zero attached hydrogens (tertiary/aromatic N) is 4. The molecule has 1 aromatic carbocycles. The molecule has 4 aromatic heterocycles. The van der Waals surface area contributed by atoms with Crippen LogP contribution in [0.25, 0.3) is 0 Å². The summed E-state index contributed by atoms with van der Waals surface area (Å²) in [6.07, 6.45) is 17.1. The summed E-state index contributed by atoms with van der Waals surface area (Å²) in [5.41, 5.74) is 2.49. The molecule has 0 N–H and O–H groups in total. The van der Waals surface area contributed by atoms with Gasteiger partial charge in [-0.15, -0.1) is 0 Å². The van der Waals surface area contributed by atoms with Gasteiger partial charge in [-0.05, 0) is 59.7 Å². The van der Waals surface area contributed by atoms with E-state index in [1.807, 2.05) is 0 Å². The Morgan fingerprint density at radius 3 is 0.786 bits per heavy atom. The second-order valence-corrected chi connectivity index (χ2v) is 6.94. The lowest BCUT2D eigenvalue weighted by molar-refractivity contribution is 0.499. The Hall–Kier alpha value is -3.66. The molecular weight excluding hydrogens is 344 g/mol. The zero-order valence-electron chi connectivity index (χ0n) is 15.5. The van der Waals surface area contributed by atoms with E-state index < -0.39 is 0 Å². The first kappa shape index (κ1) is 16.5. The third kappa shape index (κ3) is 2.99. The van der Waals surface area contributed by atoms with E-state index in [1.54, 1.807) is 0 Å². The fourth-order valence-electron chi connectivity index (χ4n) is 3.88. The van der Waals surface area contributed by atoms with Crippen molar-refractivity contribution in [3.63, 3.8) is 0 Å². The van der Waals surface area contributed by atoms with Gasteiger partial charge in [0.2, 0.25) is 0 Å². The highest BCUT2D eigenvalue weighted by Crippen LogP contribution is 2.26. The van der Waals surface area contributed by atoms with Gasteiger partial charge in [0.15, 0.2) is 0 Å². The van der Waals surface area contributed by atoms with Crippen LogP contribution in [0.4, 0.5) is 0 Å². The van der Waals surface area contributed by atoms with Crippen molar-refractivity contribution in [1.82, 2.24) is 18.3 Å². The van der Waals surface area contributed by atoms with Crippen LogP contribution < -0.4 is 0 Å². The molecule has 0 bridgehead atoms. The van der Waals surface area contributed by atoms with E-state index >= 15 is 0 Å². The second-order valence-electron chi connectivity index (χ2n) is 6.94. The van der Waals surface area contributed by atoms with Crippen LogP contribution in [0.5, 0.6) is 0 Å². The first-order chi connectivity index (χ1) is 13.9. The molecule has 5 aromatic rings. The molecular formula is C24H22N4. The Labute approximate surface area is 164 Å². The van der Waals surface area contributed by atoms with E-state index in [9.17, 15) is 0 Å². The number of rotatable bonds is 6. The van der Waals surface area contributed by atoms with Crippen molar-refractivity contribution in [3.05, 3.63) is 133 Å². The molecule has 4 nitrogen and oxygen atoms in total. The fourth-order valence-corrected chi connectivity index (χ4v) is 3.88. The SMILES string of the molecule is c1ccn(C(c2ccc(C(n3cccc3)n3cccc3)cc2)n2cccc2)c1. The van der Waals surface area contributed by atoms with Gasteiger partial charge in [0.25, 0.3) is 0 Å². The molecule has 0 fully saturated rings. The van der Waals surface area contributed by atoms with Crippen LogP contribution in [0.15, 0.2) is 122 Å². The standard InChI is InChI=1S/C24H22N4/c1-2-14-25(13-1)23(26-15-3-4-16-26)21-9-11-22(12-10-21)24(27-17-5-6-18-27)28-19-7-8-20-28/h1-20,23-24H. The summed E-state index contributed by atoms with van der Waals surface area (Å²) in [6, 6.07) is 25.5. The zero-order chi connectivity index (χ0) is 18.8. The number of hydrogen-bond donors (Lipinski definition) is 0. The van der Waals surface area contributed by atoms with E-state index in [2.05, 4.69) is 141 Å². The van der Waals surface area contributed by atoms with E-state index in [4.69, 9.17) is 0 Å². The summed E-state index contributed by atoms with van der Waals surface area (Å²) in [7, 11) is 0. The molecule has 138 valence electrons. The normalized spacial score (nSPS) is 11.5. The monoisotopic (exact) mass is 366 g/mol. The summed E-state index contributed by atoms with van der Waals surface area (Å²) < 4.78 is 8.91. The second kappa shape index (κ2) is 7.16. The maximum Gasteiger partial charge on any atom is 0.135 e. The Balaban J connectivity index is 1.54. The number of benzene rings is 1. The molecule has 4 heterocycles. The van der Waals surface area contributed by atoms with Gasteiger partial charge in [-0.1, -0.05) is 24.3 Å². The molecule has 0 aliphatic rings. The summed E-state index contributed by atoms with van der Waals surface area (Å²) in [5.74, 6) is 0. The lowest BCUT2D eigenvalue weighted by atomic mass is 10.1. The summed E-state index contributed by atoms with van der Waals surface area (Å²) >= 11 is 0. The van der Waals surface area contributed by atoms with Crippen LogP contribution in [0.1, 0.15) is 23.5 Å². The largest absolute Gasteiger partial charge is 0.329 e.